The molecule has 2 fully saturated rings. The molecular formula is C62H44F10N6O14S2. The molecule has 4 aromatic heterocycles. The quantitative estimate of drug-likeness (QED) is 0.0790. The lowest BCUT2D eigenvalue weighted by Gasteiger charge is -2.51. The van der Waals surface area contributed by atoms with Gasteiger partial charge in [0, 0.05) is 69.6 Å². The Morgan fingerprint density at radius 2 is 0.926 bits per heavy atom. The van der Waals surface area contributed by atoms with Crippen LogP contribution in [-0.4, -0.2) is 123 Å². The van der Waals surface area contributed by atoms with Crippen LogP contribution in [0.25, 0.3) is 43.1 Å². The molecular weight excluding hydrogens is 1310 g/mol. The number of aromatic nitrogens is 2. The maximum atomic E-state index is 16.0. The van der Waals surface area contributed by atoms with E-state index in [9.17, 15) is 63.9 Å². The summed E-state index contributed by atoms with van der Waals surface area (Å²) in [5.74, 6) is -7.38. The zero-order valence-corrected chi connectivity index (χ0v) is 50.0. The van der Waals surface area contributed by atoms with Crippen LogP contribution in [-0.2, 0) is 40.8 Å². The van der Waals surface area contributed by atoms with Gasteiger partial charge in [0.25, 0.3) is 11.8 Å². The third kappa shape index (κ3) is 10.6. The van der Waals surface area contributed by atoms with Gasteiger partial charge in [-0.2, -0.15) is 26.3 Å². The van der Waals surface area contributed by atoms with Crippen LogP contribution in [0.4, 0.5) is 53.5 Å². The average Bonchev–Trinajstić information content (AvgIpc) is 1.23. The normalized spacial score (nSPS) is 18.3. The molecule has 14 rings (SSSR count). The molecule has 0 radical (unpaired) electrons. The van der Waals surface area contributed by atoms with Gasteiger partial charge in [-0.3, -0.25) is 38.5 Å². The molecule has 2 amide bonds. The van der Waals surface area contributed by atoms with Crippen molar-refractivity contribution in [2.24, 2.45) is 0 Å². The topological polar surface area (TPSA) is 199 Å². The number of carbonyl (C=O) groups is 4. The first-order chi connectivity index (χ1) is 45.0. The molecule has 4 aromatic carbocycles. The Morgan fingerprint density at radius 1 is 0.532 bits per heavy atom. The first kappa shape index (κ1) is 62.9. The predicted molar refractivity (Wildman–Crippen MR) is 311 cm³/mol. The minimum atomic E-state index is -4.75. The van der Waals surface area contributed by atoms with E-state index in [0.717, 1.165) is 50.6 Å². The number of pyridine rings is 2. The summed E-state index contributed by atoms with van der Waals surface area (Å²) in [7, 11) is 2.14. The van der Waals surface area contributed by atoms with E-state index in [-0.39, 0.29) is 94.0 Å². The van der Waals surface area contributed by atoms with Crippen LogP contribution in [0, 0.1) is 23.3 Å². The molecule has 8 aromatic rings. The number of morpholine rings is 2. The van der Waals surface area contributed by atoms with Gasteiger partial charge in [0.2, 0.25) is 35.9 Å². The lowest BCUT2D eigenvalue weighted by atomic mass is 9.91. The number of thiophene rings is 2. The number of halogens is 10. The zero-order chi connectivity index (χ0) is 66.4. The van der Waals surface area contributed by atoms with Gasteiger partial charge in [-0.15, -0.1) is 22.7 Å². The van der Waals surface area contributed by atoms with E-state index < -0.39 is 130 Å². The Hall–Kier alpha value is -9.92. The van der Waals surface area contributed by atoms with Crippen molar-refractivity contribution in [1.82, 2.24) is 19.2 Å². The van der Waals surface area contributed by atoms with E-state index in [1.54, 1.807) is 58.5 Å². The van der Waals surface area contributed by atoms with Gasteiger partial charge in [0.1, 0.15) is 22.1 Å². The van der Waals surface area contributed by atoms with Crippen LogP contribution in [0.15, 0.2) is 119 Å². The molecule has 2 saturated heterocycles. The fourth-order valence-electron chi connectivity index (χ4n) is 12.5. The van der Waals surface area contributed by atoms with Gasteiger partial charge in [0.15, 0.2) is 34.7 Å². The molecule has 94 heavy (non-hydrogen) atoms. The van der Waals surface area contributed by atoms with Crippen LogP contribution >= 0.6 is 22.7 Å². The number of fused-ring (bicyclic) bond motifs is 14. The molecule has 4 aliphatic heterocycles. The summed E-state index contributed by atoms with van der Waals surface area (Å²) in [6, 6.07) is 19.1. The van der Waals surface area contributed by atoms with E-state index >= 15 is 8.78 Å². The van der Waals surface area contributed by atoms with Crippen molar-refractivity contribution >= 4 is 46.8 Å². The Labute approximate surface area is 530 Å². The number of methoxy groups -OCH3 is 2. The predicted octanol–water partition coefficient (Wildman–Crippen LogP) is 11.0. The third-order valence-electron chi connectivity index (χ3n) is 16.3. The second kappa shape index (κ2) is 24.2. The Balaban J connectivity index is 0.000000171. The molecule has 0 saturated carbocycles. The Bertz CT molecular complexity index is 4270. The summed E-state index contributed by atoms with van der Waals surface area (Å²) in [5, 5.41) is 3.25. The smallest absolute Gasteiger partial charge is 0.451 e. The standard InChI is InChI=1S/2C31H22F5N3O7S/c2*1-43-30(42)46-14-45-27-20(40)8-9-38-26(27)29(41)37-10-11-44-13-22(37)39(38)25-15-4-2-3-5-16(15)28-18(12-21(47-28)31(34,35)36)23-17(25)6-7-19(32)24(23)33/h2*2-9,12,22,25H,10-11,13-14H2,1H3/t22-,25-;/m1./s1. The van der Waals surface area contributed by atoms with Crippen LogP contribution in [0.3, 0.4) is 0 Å². The zero-order valence-electron chi connectivity index (χ0n) is 48.4. The largest absolute Gasteiger partial charge is 0.510 e. The van der Waals surface area contributed by atoms with Crippen LogP contribution < -0.4 is 30.3 Å². The average molecular weight is 1350 g/mol. The minimum Gasteiger partial charge on any atom is -0.451 e. The van der Waals surface area contributed by atoms with Crippen molar-refractivity contribution in [2.75, 3.05) is 77.3 Å². The maximum absolute atomic E-state index is 16.0. The number of carbonyl (C=O) groups excluding carboxylic acids is 4. The fourth-order valence-corrected chi connectivity index (χ4v) is 14.6. The molecule has 0 bridgehead atoms. The summed E-state index contributed by atoms with van der Waals surface area (Å²) in [4.78, 5) is 78.2. The van der Waals surface area contributed by atoms with Gasteiger partial charge in [-0.25, -0.2) is 27.2 Å². The van der Waals surface area contributed by atoms with Crippen molar-refractivity contribution in [3.63, 3.8) is 0 Å². The molecule has 0 spiro atoms. The minimum absolute atomic E-state index is 0.0450. The summed E-state index contributed by atoms with van der Waals surface area (Å²) >= 11 is 0.820. The van der Waals surface area contributed by atoms with Gasteiger partial charge in [0.05, 0.1) is 52.7 Å². The maximum Gasteiger partial charge on any atom is 0.510 e. The highest BCUT2D eigenvalue weighted by atomic mass is 32.1. The van der Waals surface area contributed by atoms with Crippen molar-refractivity contribution in [2.45, 2.75) is 36.8 Å². The summed E-state index contributed by atoms with van der Waals surface area (Å²) in [5.41, 5.74) is -1.32. The molecule has 488 valence electrons. The fraction of sp³-hybridized carbons (Fsp3) is 0.258. The number of nitrogens with zero attached hydrogens (tertiary/aromatic N) is 6. The number of amides is 2. The number of alkyl halides is 6. The number of hydrogen-bond donors (Lipinski definition) is 0. The van der Waals surface area contributed by atoms with Gasteiger partial charge in [-0.05, 0) is 57.6 Å². The highest BCUT2D eigenvalue weighted by Gasteiger charge is 2.50. The van der Waals surface area contributed by atoms with E-state index in [0.29, 0.717) is 44.9 Å². The van der Waals surface area contributed by atoms with E-state index in [1.807, 2.05) is 0 Å². The van der Waals surface area contributed by atoms with Crippen LogP contribution in [0.1, 0.15) is 65.1 Å². The molecule has 6 aliphatic rings. The Kier molecular flexibility index (Phi) is 16.2. The SMILES string of the molecule is COC(=O)OCOc1c2n(ccc1=O)N(C1c3ccccc3-c3sc(C(F)(F)F)cc3-c3c1ccc(F)c3F)C1COCCN1C2=O.COC(=O)OCOc1c2n(ccc1=O)N([C@@H]1c3ccccc3-c3sc(C(F)(F)F)cc3-c3c1ccc(F)c3F)[C@@H]1COCCN1C2=O. The lowest BCUT2D eigenvalue weighted by molar-refractivity contribution is -0.135. The number of ether oxygens (including phenoxy) is 8. The second-order valence-corrected chi connectivity index (χ2v) is 23.4. The molecule has 2 aliphatic carbocycles. The molecule has 32 heteroatoms. The highest BCUT2D eigenvalue weighted by Crippen LogP contribution is 2.56. The second-order valence-electron chi connectivity index (χ2n) is 21.3. The van der Waals surface area contributed by atoms with Crippen LogP contribution in [0.2, 0.25) is 0 Å². The monoisotopic (exact) mass is 1350 g/mol. The van der Waals surface area contributed by atoms with Crippen LogP contribution in [0.5, 0.6) is 11.5 Å². The summed E-state index contributed by atoms with van der Waals surface area (Å²) in [6.07, 6.45) is -10.9. The number of hydrogen-bond acceptors (Lipinski definition) is 18. The van der Waals surface area contributed by atoms with E-state index in [2.05, 4.69) is 9.47 Å². The Morgan fingerprint density at radius 3 is 1.31 bits per heavy atom. The van der Waals surface area contributed by atoms with Crippen molar-refractivity contribution in [1.29, 1.82) is 0 Å². The van der Waals surface area contributed by atoms with Gasteiger partial charge in [-0.1, -0.05) is 60.7 Å². The molecule has 0 N–H and O–H groups in total. The first-order valence-corrected chi connectivity index (χ1v) is 29.8. The summed E-state index contributed by atoms with van der Waals surface area (Å²) in [6.45, 7) is -1.22. The van der Waals surface area contributed by atoms with Crippen molar-refractivity contribution in [3.05, 3.63) is 197 Å². The number of rotatable bonds is 8. The molecule has 2 unspecified atom stereocenters. The van der Waals surface area contributed by atoms with Crippen molar-refractivity contribution in [3.8, 4) is 54.6 Å². The van der Waals surface area contributed by atoms with E-state index in [4.69, 9.17) is 28.4 Å². The third-order valence-corrected chi connectivity index (χ3v) is 18.8. The van der Waals surface area contributed by atoms with Gasteiger partial charge >= 0.3 is 24.7 Å². The molecule has 8 heterocycles. The molecule has 20 nitrogen and oxygen atoms in total. The first-order valence-electron chi connectivity index (χ1n) is 28.1. The number of benzene rings is 4. The van der Waals surface area contributed by atoms with Gasteiger partial charge < -0.3 is 47.7 Å². The van der Waals surface area contributed by atoms with E-state index in [1.165, 1.54) is 43.7 Å². The summed E-state index contributed by atoms with van der Waals surface area (Å²) < 4.78 is 189. The highest BCUT2D eigenvalue weighted by molar-refractivity contribution is 7.16. The van der Waals surface area contributed by atoms with Crippen molar-refractivity contribution < 1.29 is 101 Å². The lowest BCUT2D eigenvalue weighted by Crippen LogP contribution is -2.66. The molecule has 4 atom stereocenters.